The Morgan fingerprint density at radius 1 is 1.29 bits per heavy atom. The van der Waals surface area contributed by atoms with E-state index in [1.807, 2.05) is 12.1 Å². The molecule has 2 nitrogen and oxygen atoms in total. The summed E-state index contributed by atoms with van der Waals surface area (Å²) in [5, 5.41) is 0. The fraction of sp³-hybridized carbons (Fsp3) is 0.571. The van der Waals surface area contributed by atoms with Gasteiger partial charge in [0.05, 0.1) is 0 Å². The minimum absolute atomic E-state index is 0.168. The maximum atomic E-state index is 12.8. The van der Waals surface area contributed by atoms with Crippen molar-refractivity contribution in [2.75, 3.05) is 20.1 Å². The van der Waals surface area contributed by atoms with Crippen molar-refractivity contribution < 1.29 is 4.39 Å². The summed E-state index contributed by atoms with van der Waals surface area (Å²) in [4.78, 5) is 2.32. The smallest absolute Gasteiger partial charge is 0.123 e. The minimum Gasteiger partial charge on any atom is -0.330 e. The lowest BCUT2D eigenvalue weighted by molar-refractivity contribution is 0.248. The van der Waals surface area contributed by atoms with E-state index in [-0.39, 0.29) is 5.82 Å². The van der Waals surface area contributed by atoms with Crippen LogP contribution in [0.2, 0.25) is 0 Å². The van der Waals surface area contributed by atoms with Crippen molar-refractivity contribution in [3.8, 4) is 0 Å². The molecule has 2 N–H and O–H groups in total. The Morgan fingerprint density at radius 2 is 1.94 bits per heavy atom. The molecule has 1 fully saturated rings. The summed E-state index contributed by atoms with van der Waals surface area (Å²) in [7, 11) is 2.12. The molecule has 0 aromatic heterocycles. The van der Waals surface area contributed by atoms with Crippen LogP contribution < -0.4 is 5.73 Å². The Bertz CT molecular complexity index is 357. The van der Waals surface area contributed by atoms with Gasteiger partial charge >= 0.3 is 0 Å². The molecule has 0 atom stereocenters. The molecule has 2 rings (SSSR count). The predicted molar refractivity (Wildman–Crippen MR) is 68.1 cm³/mol. The highest BCUT2D eigenvalue weighted by molar-refractivity contribution is 5.16. The third-order valence-electron chi connectivity index (χ3n) is 3.60. The van der Waals surface area contributed by atoms with Gasteiger partial charge in [0, 0.05) is 13.1 Å². The molecule has 1 saturated carbocycles. The van der Waals surface area contributed by atoms with Crippen LogP contribution in [-0.2, 0) is 6.54 Å². The van der Waals surface area contributed by atoms with E-state index >= 15 is 0 Å². The van der Waals surface area contributed by atoms with Crippen LogP contribution in [0.5, 0.6) is 0 Å². The molecule has 94 valence electrons. The standard InChI is InChI=1S/C14H21FN2/c1-17(11-14(6-7-14)8-9-16)10-12-2-4-13(15)5-3-12/h2-5H,6-11,16H2,1H3. The van der Waals surface area contributed by atoms with Crippen LogP contribution in [0.25, 0.3) is 0 Å². The molecule has 1 aromatic rings. The van der Waals surface area contributed by atoms with Crippen LogP contribution in [-0.4, -0.2) is 25.0 Å². The Balaban J connectivity index is 1.85. The van der Waals surface area contributed by atoms with Gasteiger partial charge in [0.15, 0.2) is 0 Å². The molecule has 0 amide bonds. The summed E-state index contributed by atoms with van der Waals surface area (Å²) in [6, 6.07) is 6.76. The summed E-state index contributed by atoms with van der Waals surface area (Å²) in [6.07, 6.45) is 3.73. The van der Waals surface area contributed by atoms with Crippen LogP contribution in [0.4, 0.5) is 4.39 Å². The second-order valence-corrected chi connectivity index (χ2v) is 5.34. The summed E-state index contributed by atoms with van der Waals surface area (Å²) in [5.41, 5.74) is 7.28. The number of hydrogen-bond donors (Lipinski definition) is 1. The zero-order chi connectivity index (χ0) is 12.3. The Labute approximate surface area is 103 Å². The summed E-state index contributed by atoms with van der Waals surface area (Å²) >= 11 is 0. The van der Waals surface area contributed by atoms with Gasteiger partial charge in [-0.05, 0) is 56.0 Å². The molecule has 0 aliphatic heterocycles. The van der Waals surface area contributed by atoms with Crippen molar-refractivity contribution in [2.24, 2.45) is 11.1 Å². The van der Waals surface area contributed by atoms with E-state index < -0.39 is 0 Å². The third-order valence-corrected chi connectivity index (χ3v) is 3.60. The van der Waals surface area contributed by atoms with Crippen LogP contribution in [0, 0.1) is 11.2 Å². The van der Waals surface area contributed by atoms with Gasteiger partial charge in [0.25, 0.3) is 0 Å². The van der Waals surface area contributed by atoms with Crippen LogP contribution in [0.1, 0.15) is 24.8 Å². The molecule has 1 aromatic carbocycles. The van der Waals surface area contributed by atoms with Gasteiger partial charge < -0.3 is 10.6 Å². The van der Waals surface area contributed by atoms with Gasteiger partial charge in [-0.1, -0.05) is 12.1 Å². The highest BCUT2D eigenvalue weighted by Crippen LogP contribution is 2.48. The lowest BCUT2D eigenvalue weighted by Crippen LogP contribution is -2.27. The number of nitrogens with zero attached hydrogens (tertiary/aromatic N) is 1. The predicted octanol–water partition coefficient (Wildman–Crippen LogP) is 2.39. The van der Waals surface area contributed by atoms with Gasteiger partial charge in [0.2, 0.25) is 0 Å². The molecule has 0 unspecified atom stereocenters. The SMILES string of the molecule is CN(Cc1ccc(F)cc1)CC1(CCN)CC1. The quantitative estimate of drug-likeness (QED) is 0.821. The van der Waals surface area contributed by atoms with E-state index in [1.54, 1.807) is 0 Å². The Hall–Kier alpha value is -0.930. The summed E-state index contributed by atoms with van der Waals surface area (Å²) in [6.45, 7) is 2.76. The normalized spacial score (nSPS) is 17.4. The second kappa shape index (κ2) is 5.15. The van der Waals surface area contributed by atoms with Crippen LogP contribution >= 0.6 is 0 Å². The molecule has 0 spiro atoms. The van der Waals surface area contributed by atoms with Crippen molar-refractivity contribution in [3.05, 3.63) is 35.6 Å². The van der Waals surface area contributed by atoms with Crippen molar-refractivity contribution in [1.29, 1.82) is 0 Å². The van der Waals surface area contributed by atoms with Gasteiger partial charge in [0.1, 0.15) is 5.82 Å². The second-order valence-electron chi connectivity index (χ2n) is 5.34. The zero-order valence-corrected chi connectivity index (χ0v) is 10.5. The van der Waals surface area contributed by atoms with Crippen molar-refractivity contribution in [2.45, 2.75) is 25.8 Å². The van der Waals surface area contributed by atoms with Gasteiger partial charge in [-0.2, -0.15) is 0 Å². The maximum Gasteiger partial charge on any atom is 0.123 e. The van der Waals surface area contributed by atoms with Crippen LogP contribution in [0.3, 0.4) is 0 Å². The van der Waals surface area contributed by atoms with Crippen molar-refractivity contribution in [1.82, 2.24) is 4.90 Å². The number of nitrogens with two attached hydrogens (primary N) is 1. The molecule has 1 aliphatic carbocycles. The van der Waals surface area contributed by atoms with Crippen LogP contribution in [0.15, 0.2) is 24.3 Å². The monoisotopic (exact) mass is 236 g/mol. The number of halogens is 1. The molecule has 17 heavy (non-hydrogen) atoms. The molecule has 0 heterocycles. The molecule has 3 heteroatoms. The first kappa shape index (κ1) is 12.5. The van der Waals surface area contributed by atoms with Crippen molar-refractivity contribution >= 4 is 0 Å². The average Bonchev–Trinajstić information content (AvgIpc) is 3.02. The lowest BCUT2D eigenvalue weighted by Gasteiger charge is -2.23. The maximum absolute atomic E-state index is 12.8. The van der Waals surface area contributed by atoms with Gasteiger partial charge in [-0.25, -0.2) is 4.39 Å². The zero-order valence-electron chi connectivity index (χ0n) is 10.5. The van der Waals surface area contributed by atoms with E-state index in [0.29, 0.717) is 5.41 Å². The fourth-order valence-electron chi connectivity index (χ4n) is 2.50. The first-order valence-corrected chi connectivity index (χ1v) is 6.27. The minimum atomic E-state index is -0.168. The molecular formula is C14H21FN2. The largest absolute Gasteiger partial charge is 0.330 e. The van der Waals surface area contributed by atoms with E-state index in [2.05, 4.69) is 11.9 Å². The number of rotatable bonds is 6. The van der Waals surface area contributed by atoms with Gasteiger partial charge in [-0.3, -0.25) is 0 Å². The molecular weight excluding hydrogens is 215 g/mol. The van der Waals surface area contributed by atoms with E-state index in [1.165, 1.54) is 25.0 Å². The molecule has 1 aliphatic rings. The first-order valence-electron chi connectivity index (χ1n) is 6.27. The van der Waals surface area contributed by atoms with Gasteiger partial charge in [-0.15, -0.1) is 0 Å². The van der Waals surface area contributed by atoms with Crippen molar-refractivity contribution in [3.63, 3.8) is 0 Å². The van der Waals surface area contributed by atoms with E-state index in [0.717, 1.165) is 31.6 Å². The highest BCUT2D eigenvalue weighted by Gasteiger charge is 2.42. The lowest BCUT2D eigenvalue weighted by atomic mass is 10.0. The number of hydrogen-bond acceptors (Lipinski definition) is 2. The highest BCUT2D eigenvalue weighted by atomic mass is 19.1. The topological polar surface area (TPSA) is 29.3 Å². The summed E-state index contributed by atoms with van der Waals surface area (Å²) in [5.74, 6) is -0.168. The Morgan fingerprint density at radius 3 is 2.47 bits per heavy atom. The number of benzene rings is 1. The molecule has 0 bridgehead atoms. The molecule has 0 saturated heterocycles. The average molecular weight is 236 g/mol. The molecule has 0 radical (unpaired) electrons. The van der Waals surface area contributed by atoms with E-state index in [9.17, 15) is 4.39 Å². The first-order chi connectivity index (χ1) is 8.13. The third kappa shape index (κ3) is 3.51. The Kier molecular flexibility index (Phi) is 3.79. The summed E-state index contributed by atoms with van der Waals surface area (Å²) < 4.78 is 12.8. The fourth-order valence-corrected chi connectivity index (χ4v) is 2.50. The van der Waals surface area contributed by atoms with E-state index in [4.69, 9.17) is 5.73 Å².